The highest BCUT2D eigenvalue weighted by atomic mass is 35.5. The Kier molecular flexibility index (Phi) is 7.58. The summed E-state index contributed by atoms with van der Waals surface area (Å²) in [6, 6.07) is 23.5. The molecule has 1 aliphatic heterocycles. The zero-order valence-corrected chi connectivity index (χ0v) is 22.1. The van der Waals surface area contributed by atoms with Gasteiger partial charge in [0.2, 0.25) is 5.91 Å². The fraction of sp³-hybridized carbons (Fsp3) is 0.310. The Hall–Kier alpha value is -2.76. The van der Waals surface area contributed by atoms with E-state index in [1.165, 1.54) is 5.56 Å². The van der Waals surface area contributed by atoms with E-state index < -0.39 is 0 Å². The molecule has 1 heterocycles. The molecule has 1 fully saturated rings. The van der Waals surface area contributed by atoms with Crippen LogP contribution in [0, 0.1) is 0 Å². The van der Waals surface area contributed by atoms with Crippen LogP contribution in [0.3, 0.4) is 0 Å². The molecule has 0 spiro atoms. The van der Waals surface area contributed by atoms with Crippen LogP contribution in [0.5, 0.6) is 0 Å². The normalized spacial score (nSPS) is 16.9. The van der Waals surface area contributed by atoms with Crippen molar-refractivity contribution >= 4 is 35.2 Å². The Labute approximate surface area is 217 Å². The lowest BCUT2D eigenvalue weighted by molar-refractivity contribution is -0.128. The van der Waals surface area contributed by atoms with Crippen LogP contribution in [0.15, 0.2) is 72.8 Å². The maximum atomic E-state index is 12.9. The summed E-state index contributed by atoms with van der Waals surface area (Å²) < 4.78 is 0. The van der Waals surface area contributed by atoms with E-state index in [1.807, 2.05) is 60.4 Å². The van der Waals surface area contributed by atoms with Crippen molar-refractivity contribution in [2.75, 3.05) is 5.75 Å². The number of hydrogen-bond acceptors (Lipinski definition) is 3. The van der Waals surface area contributed by atoms with Gasteiger partial charge >= 0.3 is 0 Å². The minimum absolute atomic E-state index is 0.0736. The number of carbonyl (C=O) groups excluding carboxylic acids is 2. The van der Waals surface area contributed by atoms with E-state index >= 15 is 0 Å². The lowest BCUT2D eigenvalue weighted by atomic mass is 9.86. The van der Waals surface area contributed by atoms with E-state index in [1.54, 1.807) is 11.8 Å². The molecule has 4 rings (SSSR count). The number of nitrogens with zero attached hydrogens (tertiary/aromatic N) is 1. The van der Waals surface area contributed by atoms with Crippen LogP contribution in [0.2, 0.25) is 5.02 Å². The molecule has 0 radical (unpaired) electrons. The topological polar surface area (TPSA) is 49.4 Å². The van der Waals surface area contributed by atoms with Crippen molar-refractivity contribution in [3.8, 4) is 0 Å². The van der Waals surface area contributed by atoms with E-state index in [0.29, 0.717) is 22.9 Å². The molecular formula is C29H31ClN2O2S. The Bertz CT molecular complexity index is 1190. The van der Waals surface area contributed by atoms with Crippen LogP contribution in [0.1, 0.15) is 71.7 Å². The average molecular weight is 507 g/mol. The van der Waals surface area contributed by atoms with Crippen molar-refractivity contribution in [2.24, 2.45) is 0 Å². The summed E-state index contributed by atoms with van der Waals surface area (Å²) in [6.45, 7) is 9.09. The molecule has 182 valence electrons. The highest BCUT2D eigenvalue weighted by Crippen LogP contribution is 2.39. The van der Waals surface area contributed by atoms with Crippen LogP contribution in [-0.4, -0.2) is 22.5 Å². The van der Waals surface area contributed by atoms with Gasteiger partial charge in [-0.25, -0.2) is 0 Å². The number of benzene rings is 3. The fourth-order valence-electron chi connectivity index (χ4n) is 4.12. The van der Waals surface area contributed by atoms with Gasteiger partial charge in [0.25, 0.3) is 5.91 Å². The van der Waals surface area contributed by atoms with Gasteiger partial charge in [-0.15, -0.1) is 11.8 Å². The van der Waals surface area contributed by atoms with E-state index in [2.05, 4.69) is 50.4 Å². The van der Waals surface area contributed by atoms with Gasteiger partial charge < -0.3 is 10.2 Å². The lowest BCUT2D eigenvalue weighted by Gasteiger charge is -2.24. The number of nitrogens with one attached hydrogen (secondary N) is 1. The SMILES string of the molecule is C[C@H](NC(=O)c1ccc([C@@H]2SCC(=O)N2Cc2ccc(Cl)cc2)cc1)c1ccc(C(C)(C)C)cc1. The highest BCUT2D eigenvalue weighted by Gasteiger charge is 2.32. The first-order chi connectivity index (χ1) is 16.6. The number of rotatable bonds is 6. The van der Waals surface area contributed by atoms with Crippen LogP contribution >= 0.6 is 23.4 Å². The van der Waals surface area contributed by atoms with Crippen LogP contribution in [0.4, 0.5) is 0 Å². The third kappa shape index (κ3) is 6.09. The second-order valence-corrected chi connectivity index (χ2v) is 11.5. The summed E-state index contributed by atoms with van der Waals surface area (Å²) in [5.74, 6) is 0.451. The zero-order chi connectivity index (χ0) is 25.2. The maximum absolute atomic E-state index is 12.9. The maximum Gasteiger partial charge on any atom is 0.251 e. The first kappa shape index (κ1) is 25.3. The molecule has 0 bridgehead atoms. The molecule has 1 N–H and O–H groups in total. The summed E-state index contributed by atoms with van der Waals surface area (Å²) in [7, 11) is 0. The van der Waals surface area contributed by atoms with Gasteiger partial charge in [0, 0.05) is 17.1 Å². The molecule has 1 aliphatic rings. The van der Waals surface area contributed by atoms with Gasteiger partial charge in [-0.3, -0.25) is 9.59 Å². The van der Waals surface area contributed by atoms with Gasteiger partial charge in [-0.1, -0.05) is 80.9 Å². The second kappa shape index (κ2) is 10.5. The number of thioether (sulfide) groups is 1. The summed E-state index contributed by atoms with van der Waals surface area (Å²) in [5, 5.41) is 3.70. The largest absolute Gasteiger partial charge is 0.346 e. The lowest BCUT2D eigenvalue weighted by Crippen LogP contribution is -2.28. The van der Waals surface area contributed by atoms with E-state index in [9.17, 15) is 9.59 Å². The minimum Gasteiger partial charge on any atom is -0.346 e. The number of carbonyl (C=O) groups is 2. The van der Waals surface area contributed by atoms with Crippen LogP contribution in [0.25, 0.3) is 0 Å². The average Bonchev–Trinajstić information content (AvgIpc) is 3.20. The Balaban J connectivity index is 1.41. The van der Waals surface area contributed by atoms with Crippen LogP contribution < -0.4 is 5.32 Å². The molecule has 2 amide bonds. The number of amides is 2. The predicted octanol–water partition coefficient (Wildman–Crippen LogP) is 6.90. The van der Waals surface area contributed by atoms with Gasteiger partial charge in [0.1, 0.15) is 5.37 Å². The van der Waals surface area contributed by atoms with Crippen molar-refractivity contribution in [1.29, 1.82) is 0 Å². The quantitative estimate of drug-likeness (QED) is 0.395. The molecule has 3 aromatic rings. The molecule has 1 saturated heterocycles. The monoisotopic (exact) mass is 506 g/mol. The van der Waals surface area contributed by atoms with E-state index in [4.69, 9.17) is 11.6 Å². The predicted molar refractivity (Wildman–Crippen MR) is 145 cm³/mol. The second-order valence-electron chi connectivity index (χ2n) is 10.0. The molecule has 0 saturated carbocycles. The van der Waals surface area contributed by atoms with Gasteiger partial charge in [0.15, 0.2) is 0 Å². The minimum atomic E-state index is -0.114. The summed E-state index contributed by atoms with van der Waals surface area (Å²) in [4.78, 5) is 27.3. The van der Waals surface area contributed by atoms with E-state index in [0.717, 1.165) is 16.7 Å². The molecular weight excluding hydrogens is 476 g/mol. The van der Waals surface area contributed by atoms with Gasteiger partial charge in [0.05, 0.1) is 11.8 Å². The zero-order valence-electron chi connectivity index (χ0n) is 20.5. The van der Waals surface area contributed by atoms with Crippen LogP contribution in [-0.2, 0) is 16.8 Å². The number of hydrogen-bond donors (Lipinski definition) is 1. The van der Waals surface area contributed by atoms with E-state index in [-0.39, 0.29) is 28.6 Å². The molecule has 0 aliphatic carbocycles. The van der Waals surface area contributed by atoms with Crippen molar-refractivity contribution in [3.05, 3.63) is 106 Å². The smallest absolute Gasteiger partial charge is 0.251 e. The Morgan fingerprint density at radius 3 is 2.26 bits per heavy atom. The first-order valence-electron chi connectivity index (χ1n) is 11.8. The molecule has 6 heteroatoms. The standard InChI is InChI=1S/C29H31ClN2O2S/c1-19(21-11-13-24(14-12-21)29(2,3)4)31-27(34)22-7-9-23(10-8-22)28-32(26(33)18-35-28)17-20-5-15-25(30)16-6-20/h5-16,19,28H,17-18H2,1-4H3,(H,31,34)/t19-,28-/m0/s1. The summed E-state index contributed by atoms with van der Waals surface area (Å²) in [6.07, 6.45) is 0. The molecule has 0 aromatic heterocycles. The van der Waals surface area contributed by atoms with Gasteiger partial charge in [-0.05, 0) is 58.9 Å². The van der Waals surface area contributed by atoms with Crippen molar-refractivity contribution in [3.63, 3.8) is 0 Å². The summed E-state index contributed by atoms with van der Waals surface area (Å²) >= 11 is 7.60. The third-order valence-corrected chi connectivity index (χ3v) is 7.82. The van der Waals surface area contributed by atoms with Crippen molar-refractivity contribution in [1.82, 2.24) is 10.2 Å². The molecule has 2 atom stereocenters. The summed E-state index contributed by atoms with van der Waals surface area (Å²) in [5.41, 5.74) is 5.09. The number of halogens is 1. The van der Waals surface area contributed by atoms with Crippen molar-refractivity contribution < 1.29 is 9.59 Å². The van der Waals surface area contributed by atoms with Gasteiger partial charge in [-0.2, -0.15) is 0 Å². The Morgan fingerprint density at radius 2 is 1.66 bits per heavy atom. The highest BCUT2D eigenvalue weighted by molar-refractivity contribution is 8.00. The Morgan fingerprint density at radius 1 is 1.03 bits per heavy atom. The molecule has 4 nitrogen and oxygen atoms in total. The van der Waals surface area contributed by atoms with Crippen molar-refractivity contribution in [2.45, 2.75) is 51.1 Å². The molecule has 35 heavy (non-hydrogen) atoms. The molecule has 0 unspecified atom stereocenters. The first-order valence-corrected chi connectivity index (χ1v) is 13.2. The third-order valence-electron chi connectivity index (χ3n) is 6.32. The fourth-order valence-corrected chi connectivity index (χ4v) is 5.44. The molecule has 3 aromatic carbocycles.